The molecule has 15 heavy (non-hydrogen) atoms. The van der Waals surface area contributed by atoms with Crippen LogP contribution >= 0.6 is 12.4 Å². The zero-order chi connectivity index (χ0) is 10.4. The van der Waals surface area contributed by atoms with Crippen molar-refractivity contribution in [2.45, 2.75) is 19.4 Å². The maximum absolute atomic E-state index is 5.04. The number of hydrogen-bond acceptors (Lipinski definition) is 3. The van der Waals surface area contributed by atoms with E-state index in [-0.39, 0.29) is 18.4 Å². The Morgan fingerprint density at radius 2 is 1.67 bits per heavy atom. The van der Waals surface area contributed by atoms with E-state index in [9.17, 15) is 0 Å². The third kappa shape index (κ3) is 4.62. The molecule has 0 bridgehead atoms. The highest BCUT2D eigenvalue weighted by molar-refractivity contribution is 5.85. The van der Waals surface area contributed by atoms with E-state index in [1.165, 1.54) is 10.8 Å². The summed E-state index contributed by atoms with van der Waals surface area (Å²) in [6.45, 7) is 2.06. The molecule has 1 aromatic rings. The molecule has 0 N–H and O–H groups in total. The van der Waals surface area contributed by atoms with Gasteiger partial charge in [-0.3, -0.25) is 9.68 Å². The Morgan fingerprint density at radius 3 is 2.13 bits per heavy atom. The van der Waals surface area contributed by atoms with Crippen LogP contribution in [0.1, 0.15) is 12.5 Å². The first-order chi connectivity index (χ1) is 6.77. The molecule has 0 radical (unpaired) electrons. The van der Waals surface area contributed by atoms with E-state index in [0.29, 0.717) is 0 Å². The maximum Gasteiger partial charge on any atom is 0.0640 e. The second-order valence-corrected chi connectivity index (χ2v) is 3.19. The summed E-state index contributed by atoms with van der Waals surface area (Å²) in [5.74, 6) is 0. The Labute approximate surface area is 97.3 Å². The van der Waals surface area contributed by atoms with Gasteiger partial charge in [-0.1, -0.05) is 35.6 Å². The quantitative estimate of drug-likeness (QED) is 0.727. The van der Waals surface area contributed by atoms with Crippen molar-refractivity contribution in [3.8, 4) is 0 Å². The second-order valence-electron chi connectivity index (χ2n) is 3.19. The summed E-state index contributed by atoms with van der Waals surface area (Å²) >= 11 is 0. The van der Waals surface area contributed by atoms with Crippen LogP contribution in [-0.2, 0) is 16.1 Å². The summed E-state index contributed by atoms with van der Waals surface area (Å²) in [5.41, 5.74) is 1.28. The molecule has 1 atom stereocenters. The standard InChI is InChI=1S/C11H17NO2.ClH/c1-10(12(13-2)14-3)9-11-7-5-4-6-8-11;/h4-8,10H,9H2,1-3H3;1H. The Balaban J connectivity index is 0.00000196. The lowest BCUT2D eigenvalue weighted by Gasteiger charge is -2.23. The minimum Gasteiger partial charge on any atom is -0.277 e. The maximum atomic E-state index is 5.04. The van der Waals surface area contributed by atoms with Gasteiger partial charge in [-0.25, -0.2) is 0 Å². The lowest BCUT2D eigenvalue weighted by atomic mass is 10.1. The topological polar surface area (TPSA) is 21.7 Å². The molecule has 3 nitrogen and oxygen atoms in total. The van der Waals surface area contributed by atoms with Crippen LogP contribution in [-0.4, -0.2) is 25.5 Å². The van der Waals surface area contributed by atoms with Crippen LogP contribution in [0.15, 0.2) is 30.3 Å². The monoisotopic (exact) mass is 231 g/mol. The van der Waals surface area contributed by atoms with Crippen molar-refractivity contribution < 1.29 is 9.68 Å². The molecule has 0 aliphatic rings. The van der Waals surface area contributed by atoms with E-state index in [4.69, 9.17) is 9.68 Å². The molecule has 1 rings (SSSR count). The van der Waals surface area contributed by atoms with Gasteiger partial charge in [-0.05, 0) is 18.9 Å². The van der Waals surface area contributed by atoms with E-state index in [1.54, 1.807) is 14.2 Å². The van der Waals surface area contributed by atoms with Crippen LogP contribution in [0.2, 0.25) is 0 Å². The van der Waals surface area contributed by atoms with E-state index in [0.717, 1.165) is 6.42 Å². The van der Waals surface area contributed by atoms with Crippen molar-refractivity contribution in [3.63, 3.8) is 0 Å². The molecule has 0 amide bonds. The van der Waals surface area contributed by atoms with Gasteiger partial charge in [0.25, 0.3) is 0 Å². The fraction of sp³-hybridized carbons (Fsp3) is 0.455. The SMILES string of the molecule is CON(OC)C(C)Cc1ccccc1.Cl. The molecule has 0 aliphatic heterocycles. The van der Waals surface area contributed by atoms with Gasteiger partial charge in [0.05, 0.1) is 20.3 Å². The number of benzene rings is 1. The van der Waals surface area contributed by atoms with Gasteiger partial charge in [-0.15, -0.1) is 12.4 Å². The minimum atomic E-state index is 0. The predicted molar refractivity (Wildman–Crippen MR) is 62.7 cm³/mol. The molecule has 0 saturated carbocycles. The highest BCUT2D eigenvalue weighted by Gasteiger charge is 2.12. The van der Waals surface area contributed by atoms with Gasteiger partial charge in [0.2, 0.25) is 0 Å². The van der Waals surface area contributed by atoms with Crippen LogP contribution in [0.5, 0.6) is 0 Å². The van der Waals surface area contributed by atoms with E-state index < -0.39 is 0 Å². The van der Waals surface area contributed by atoms with Gasteiger partial charge in [-0.2, -0.15) is 0 Å². The van der Waals surface area contributed by atoms with Crippen LogP contribution < -0.4 is 0 Å². The smallest absolute Gasteiger partial charge is 0.0640 e. The molecule has 1 aromatic carbocycles. The Bertz CT molecular complexity index is 252. The first-order valence-electron chi connectivity index (χ1n) is 4.69. The second kappa shape index (κ2) is 7.65. The zero-order valence-electron chi connectivity index (χ0n) is 9.34. The van der Waals surface area contributed by atoms with Gasteiger partial charge in [0.1, 0.15) is 0 Å². The summed E-state index contributed by atoms with van der Waals surface area (Å²) in [4.78, 5) is 10.1. The number of hydroxylamine groups is 2. The average Bonchev–Trinajstić information content (AvgIpc) is 2.21. The van der Waals surface area contributed by atoms with Crippen LogP contribution in [0.25, 0.3) is 0 Å². The van der Waals surface area contributed by atoms with E-state index in [1.807, 2.05) is 18.2 Å². The molecule has 0 heterocycles. The van der Waals surface area contributed by atoms with Crippen molar-refractivity contribution in [3.05, 3.63) is 35.9 Å². The van der Waals surface area contributed by atoms with E-state index in [2.05, 4.69) is 19.1 Å². The van der Waals surface area contributed by atoms with Gasteiger partial charge in [0, 0.05) is 0 Å². The average molecular weight is 232 g/mol. The van der Waals surface area contributed by atoms with Crippen LogP contribution in [0.4, 0.5) is 0 Å². The Hall–Kier alpha value is -0.610. The lowest BCUT2D eigenvalue weighted by Crippen LogP contribution is -2.32. The van der Waals surface area contributed by atoms with Crippen molar-refractivity contribution >= 4 is 12.4 Å². The number of nitrogens with zero attached hydrogens (tertiary/aromatic N) is 1. The molecule has 0 aliphatic carbocycles. The predicted octanol–water partition coefficient (Wildman–Crippen LogP) is 2.46. The first kappa shape index (κ1) is 14.4. The third-order valence-electron chi connectivity index (χ3n) is 2.09. The summed E-state index contributed by atoms with van der Waals surface area (Å²) in [6.07, 6.45) is 0.905. The van der Waals surface area contributed by atoms with Crippen molar-refractivity contribution in [2.24, 2.45) is 0 Å². The molecule has 0 spiro atoms. The molecular weight excluding hydrogens is 214 g/mol. The van der Waals surface area contributed by atoms with Crippen LogP contribution in [0.3, 0.4) is 0 Å². The highest BCUT2D eigenvalue weighted by atomic mass is 35.5. The first-order valence-corrected chi connectivity index (χ1v) is 4.69. The summed E-state index contributed by atoms with van der Waals surface area (Å²) in [7, 11) is 3.20. The number of rotatable bonds is 5. The normalized spacial score (nSPS) is 12.3. The Morgan fingerprint density at radius 1 is 1.13 bits per heavy atom. The largest absolute Gasteiger partial charge is 0.277 e. The van der Waals surface area contributed by atoms with Crippen molar-refractivity contribution in [1.29, 1.82) is 0 Å². The molecule has 86 valence electrons. The molecule has 0 fully saturated rings. The molecule has 1 unspecified atom stereocenters. The van der Waals surface area contributed by atoms with Gasteiger partial charge >= 0.3 is 0 Å². The summed E-state index contributed by atoms with van der Waals surface area (Å²) < 4.78 is 0. The molecule has 0 saturated heterocycles. The van der Waals surface area contributed by atoms with Crippen molar-refractivity contribution in [2.75, 3.05) is 14.2 Å². The van der Waals surface area contributed by atoms with Crippen LogP contribution in [0, 0.1) is 0 Å². The van der Waals surface area contributed by atoms with Gasteiger partial charge in [0.15, 0.2) is 0 Å². The summed E-state index contributed by atoms with van der Waals surface area (Å²) in [6, 6.07) is 10.5. The highest BCUT2D eigenvalue weighted by Crippen LogP contribution is 2.08. The molecular formula is C11H18ClNO2. The zero-order valence-corrected chi connectivity index (χ0v) is 10.2. The van der Waals surface area contributed by atoms with E-state index >= 15 is 0 Å². The number of hydrogen-bond donors (Lipinski definition) is 0. The lowest BCUT2D eigenvalue weighted by molar-refractivity contribution is -0.361. The fourth-order valence-corrected chi connectivity index (χ4v) is 1.46. The summed E-state index contributed by atoms with van der Waals surface area (Å²) in [5, 5.41) is 1.49. The molecule has 0 aromatic heterocycles. The number of halogens is 1. The molecule has 4 heteroatoms. The van der Waals surface area contributed by atoms with Crippen molar-refractivity contribution in [1.82, 2.24) is 5.23 Å². The third-order valence-corrected chi connectivity index (χ3v) is 2.09. The minimum absolute atomic E-state index is 0. The fourth-order valence-electron chi connectivity index (χ4n) is 1.46. The van der Waals surface area contributed by atoms with Gasteiger partial charge < -0.3 is 0 Å². The Kier molecular flexibility index (Phi) is 7.34.